The summed E-state index contributed by atoms with van der Waals surface area (Å²) in [5.41, 5.74) is 2.56. The van der Waals surface area contributed by atoms with Gasteiger partial charge in [-0.2, -0.15) is 0 Å². The van der Waals surface area contributed by atoms with Crippen molar-refractivity contribution in [2.45, 2.75) is 0 Å². The predicted molar refractivity (Wildman–Crippen MR) is 80.0 cm³/mol. The molecule has 3 nitrogen and oxygen atoms in total. The fourth-order valence-electron chi connectivity index (χ4n) is 2.13. The van der Waals surface area contributed by atoms with Crippen molar-refractivity contribution in [1.29, 1.82) is 0 Å². The fraction of sp³-hybridized carbons (Fsp3) is 0.0588. The molecule has 21 heavy (non-hydrogen) atoms. The van der Waals surface area contributed by atoms with Crippen molar-refractivity contribution in [3.63, 3.8) is 0 Å². The molecular weight excluding hydrogens is 284 g/mol. The Morgan fingerprint density at radius 3 is 2.71 bits per heavy atom. The molecule has 0 saturated heterocycles. The number of phenols is 1. The van der Waals surface area contributed by atoms with E-state index < -0.39 is 0 Å². The third-order valence-corrected chi connectivity index (χ3v) is 3.13. The Morgan fingerprint density at radius 2 is 1.90 bits per heavy atom. The number of nitrogens with zero attached hydrogens (tertiary/aromatic N) is 2. The average Bonchev–Trinajstić information content (AvgIpc) is 2.46. The van der Waals surface area contributed by atoms with Crippen LogP contribution in [0.4, 0.5) is 0 Å². The van der Waals surface area contributed by atoms with Crippen LogP contribution < -0.4 is 17.0 Å². The Balaban J connectivity index is 0.00000161. The summed E-state index contributed by atoms with van der Waals surface area (Å²) in [6.45, 7) is 0. The molecule has 3 rings (SSSR count). The lowest BCUT2D eigenvalue weighted by Crippen LogP contribution is -3.00. The Morgan fingerprint density at radius 1 is 1.05 bits per heavy atom. The van der Waals surface area contributed by atoms with E-state index in [-0.39, 0.29) is 18.2 Å². The number of para-hydroxylation sites is 1. The van der Waals surface area contributed by atoms with Crippen LogP contribution in [0.25, 0.3) is 23.1 Å². The zero-order chi connectivity index (χ0) is 13.9. The number of hydrogen-bond acceptors (Lipinski definition) is 2. The summed E-state index contributed by atoms with van der Waals surface area (Å²) < 4.78 is 2.00. The second kappa shape index (κ2) is 6.37. The number of halogens is 1. The van der Waals surface area contributed by atoms with E-state index in [0.717, 1.165) is 16.6 Å². The molecule has 0 amide bonds. The van der Waals surface area contributed by atoms with Crippen LogP contribution in [0.15, 0.2) is 54.9 Å². The first-order valence-electron chi connectivity index (χ1n) is 6.44. The number of pyridine rings is 2. The minimum atomic E-state index is 0. The maximum Gasteiger partial charge on any atom is 0.175 e. The van der Waals surface area contributed by atoms with Crippen molar-refractivity contribution in [3.8, 4) is 5.75 Å². The van der Waals surface area contributed by atoms with Gasteiger partial charge in [-0.1, -0.05) is 18.2 Å². The van der Waals surface area contributed by atoms with Gasteiger partial charge in [-0.15, -0.1) is 0 Å². The van der Waals surface area contributed by atoms with Gasteiger partial charge in [0.1, 0.15) is 18.3 Å². The lowest BCUT2D eigenvalue weighted by atomic mass is 10.1. The number of rotatable bonds is 2. The first-order valence-corrected chi connectivity index (χ1v) is 6.44. The molecule has 0 aliphatic carbocycles. The van der Waals surface area contributed by atoms with Gasteiger partial charge in [0.05, 0.1) is 5.69 Å². The normalized spacial score (nSPS) is 10.7. The van der Waals surface area contributed by atoms with Crippen molar-refractivity contribution < 1.29 is 22.1 Å². The van der Waals surface area contributed by atoms with Crippen LogP contribution in [0.2, 0.25) is 0 Å². The first kappa shape index (κ1) is 15.0. The molecule has 0 bridgehead atoms. The number of hydrogen-bond donors (Lipinski definition) is 1. The topological polar surface area (TPSA) is 37.0 Å². The van der Waals surface area contributed by atoms with E-state index in [0.29, 0.717) is 5.52 Å². The molecule has 1 aromatic carbocycles. The number of aryl methyl sites for hydroxylation is 1. The van der Waals surface area contributed by atoms with Crippen LogP contribution in [0, 0.1) is 0 Å². The summed E-state index contributed by atoms with van der Waals surface area (Å²) in [5.74, 6) is 0.212. The minimum absolute atomic E-state index is 0. The molecule has 0 aliphatic heterocycles. The number of aromatic hydroxyl groups is 1. The lowest BCUT2D eigenvalue weighted by Gasteiger charge is -2.01. The molecule has 0 radical (unpaired) electrons. The standard InChI is InChI=1S/C17H14N2O.ClH/c1-19-11-3-4-13(12-19)7-9-15-10-8-14-5-2-6-16(20)17(14)18-15;/h2-12H,1H3;1H/b9-7+;. The summed E-state index contributed by atoms with van der Waals surface area (Å²) in [7, 11) is 1.99. The monoisotopic (exact) mass is 298 g/mol. The maximum atomic E-state index is 9.83. The highest BCUT2D eigenvalue weighted by atomic mass is 35.5. The molecule has 0 atom stereocenters. The summed E-state index contributed by atoms with van der Waals surface area (Å²) in [4.78, 5) is 4.47. The molecule has 2 heterocycles. The van der Waals surface area contributed by atoms with Gasteiger partial charge in [0.2, 0.25) is 0 Å². The number of aromatic nitrogens is 2. The van der Waals surface area contributed by atoms with Gasteiger partial charge in [0.15, 0.2) is 12.4 Å². The SMILES string of the molecule is C[n+]1cccc(/C=C/c2ccc3cccc(O)c3n2)c1.[Cl-]. The van der Waals surface area contributed by atoms with Crippen LogP contribution in [0.3, 0.4) is 0 Å². The maximum absolute atomic E-state index is 9.83. The molecule has 4 heteroatoms. The lowest BCUT2D eigenvalue weighted by molar-refractivity contribution is -0.671. The number of phenolic OH excluding ortho intramolecular Hbond substituents is 1. The Kier molecular flexibility index (Phi) is 4.55. The van der Waals surface area contributed by atoms with Crippen molar-refractivity contribution in [3.05, 3.63) is 66.1 Å². The average molecular weight is 299 g/mol. The van der Waals surface area contributed by atoms with E-state index in [1.807, 2.05) is 72.6 Å². The first-order chi connectivity index (χ1) is 9.72. The van der Waals surface area contributed by atoms with Crippen molar-refractivity contribution >= 4 is 23.1 Å². The largest absolute Gasteiger partial charge is 1.00 e. The highest BCUT2D eigenvalue weighted by Crippen LogP contribution is 2.22. The fourth-order valence-corrected chi connectivity index (χ4v) is 2.13. The molecule has 0 saturated carbocycles. The van der Waals surface area contributed by atoms with Crippen molar-refractivity contribution in [2.24, 2.45) is 7.05 Å². The van der Waals surface area contributed by atoms with Gasteiger partial charge in [-0.05, 0) is 30.4 Å². The van der Waals surface area contributed by atoms with Gasteiger partial charge >= 0.3 is 0 Å². The predicted octanol–water partition coefficient (Wildman–Crippen LogP) is -0.0607. The smallest absolute Gasteiger partial charge is 0.175 e. The highest BCUT2D eigenvalue weighted by Gasteiger charge is 2.01. The summed E-state index contributed by atoms with van der Waals surface area (Å²) in [6, 6.07) is 13.4. The molecular formula is C17H15ClN2O. The third kappa shape index (κ3) is 3.38. The van der Waals surface area contributed by atoms with E-state index in [9.17, 15) is 5.11 Å². The van der Waals surface area contributed by atoms with Crippen molar-refractivity contribution in [1.82, 2.24) is 4.98 Å². The van der Waals surface area contributed by atoms with E-state index in [1.165, 1.54) is 0 Å². The number of benzene rings is 1. The quantitative estimate of drug-likeness (QED) is 0.673. The van der Waals surface area contributed by atoms with Crippen LogP contribution in [-0.2, 0) is 7.05 Å². The summed E-state index contributed by atoms with van der Waals surface area (Å²) in [6.07, 6.45) is 7.98. The Labute approximate surface area is 129 Å². The summed E-state index contributed by atoms with van der Waals surface area (Å²) in [5, 5.41) is 10.8. The van der Waals surface area contributed by atoms with Crippen LogP contribution in [0.5, 0.6) is 5.75 Å². The second-order valence-corrected chi connectivity index (χ2v) is 4.72. The van der Waals surface area contributed by atoms with Gasteiger partial charge in [0, 0.05) is 17.0 Å². The molecule has 0 spiro atoms. The van der Waals surface area contributed by atoms with Crippen molar-refractivity contribution in [2.75, 3.05) is 0 Å². The molecule has 2 aromatic heterocycles. The van der Waals surface area contributed by atoms with E-state index in [1.54, 1.807) is 6.07 Å². The van der Waals surface area contributed by atoms with Gasteiger partial charge in [-0.3, -0.25) is 0 Å². The van der Waals surface area contributed by atoms with Gasteiger partial charge in [0.25, 0.3) is 0 Å². The molecule has 0 unspecified atom stereocenters. The third-order valence-electron chi connectivity index (χ3n) is 3.13. The molecule has 3 aromatic rings. The Bertz CT molecular complexity index is 800. The van der Waals surface area contributed by atoms with Crippen LogP contribution in [0.1, 0.15) is 11.3 Å². The van der Waals surface area contributed by atoms with E-state index in [4.69, 9.17) is 0 Å². The molecule has 106 valence electrons. The minimum Gasteiger partial charge on any atom is -1.00 e. The zero-order valence-corrected chi connectivity index (χ0v) is 12.3. The van der Waals surface area contributed by atoms with Crippen LogP contribution >= 0.6 is 0 Å². The van der Waals surface area contributed by atoms with Gasteiger partial charge in [-0.25, -0.2) is 9.55 Å². The van der Waals surface area contributed by atoms with Gasteiger partial charge < -0.3 is 17.5 Å². The summed E-state index contributed by atoms with van der Waals surface area (Å²) >= 11 is 0. The highest BCUT2D eigenvalue weighted by molar-refractivity contribution is 5.85. The molecule has 0 fully saturated rings. The van der Waals surface area contributed by atoms with Crippen LogP contribution in [-0.4, -0.2) is 10.1 Å². The molecule has 1 N–H and O–H groups in total. The Hall–Kier alpha value is -2.39. The second-order valence-electron chi connectivity index (χ2n) is 4.72. The van der Waals surface area contributed by atoms with E-state index in [2.05, 4.69) is 4.98 Å². The molecule has 0 aliphatic rings. The van der Waals surface area contributed by atoms with E-state index >= 15 is 0 Å². The zero-order valence-electron chi connectivity index (χ0n) is 11.6. The number of fused-ring (bicyclic) bond motifs is 1.